The van der Waals surface area contributed by atoms with Crippen LogP contribution < -0.4 is 5.32 Å². The molecule has 7 heteroatoms. The Hall–Kier alpha value is -2.02. The number of hydrogen-bond donors (Lipinski definition) is 1. The second kappa shape index (κ2) is 6.39. The molecule has 22 heavy (non-hydrogen) atoms. The zero-order valence-corrected chi connectivity index (χ0v) is 13.1. The monoisotopic (exact) mass is 320 g/mol. The zero-order chi connectivity index (χ0) is 15.5. The van der Waals surface area contributed by atoms with Crippen molar-refractivity contribution < 1.29 is 9.18 Å². The lowest BCUT2D eigenvalue weighted by Gasteiger charge is -2.17. The van der Waals surface area contributed by atoms with Crippen LogP contribution in [0, 0.1) is 5.82 Å². The molecule has 0 saturated carbocycles. The van der Waals surface area contributed by atoms with Gasteiger partial charge in [0.05, 0.1) is 0 Å². The van der Waals surface area contributed by atoms with Crippen molar-refractivity contribution in [2.24, 2.45) is 0 Å². The highest BCUT2D eigenvalue weighted by Gasteiger charge is 2.32. The maximum Gasteiger partial charge on any atom is 0.245 e. The van der Waals surface area contributed by atoms with E-state index in [4.69, 9.17) is 0 Å². The van der Waals surface area contributed by atoms with Gasteiger partial charge < -0.3 is 10.2 Å². The van der Waals surface area contributed by atoms with E-state index >= 15 is 0 Å². The van der Waals surface area contributed by atoms with Gasteiger partial charge in [-0.05, 0) is 24.1 Å². The van der Waals surface area contributed by atoms with E-state index in [9.17, 15) is 9.18 Å². The van der Waals surface area contributed by atoms with E-state index in [1.165, 1.54) is 23.7 Å². The van der Waals surface area contributed by atoms with Crippen LogP contribution in [0.5, 0.6) is 0 Å². The van der Waals surface area contributed by atoms with Crippen LogP contribution in [0.15, 0.2) is 24.3 Å². The van der Waals surface area contributed by atoms with E-state index in [0.717, 1.165) is 24.2 Å². The molecule has 5 nitrogen and oxygen atoms in total. The van der Waals surface area contributed by atoms with Gasteiger partial charge in [0, 0.05) is 31.0 Å². The fourth-order valence-electron chi connectivity index (χ4n) is 2.45. The first-order chi connectivity index (χ1) is 10.7. The summed E-state index contributed by atoms with van der Waals surface area (Å²) in [6, 6.07) is 6.00. The Morgan fingerprint density at radius 3 is 2.86 bits per heavy atom. The van der Waals surface area contributed by atoms with E-state index in [-0.39, 0.29) is 17.8 Å². The molecule has 0 aliphatic carbocycles. The normalized spacial score (nSPS) is 18.0. The Labute approximate surface area is 132 Å². The molecule has 0 spiro atoms. The Morgan fingerprint density at radius 1 is 1.41 bits per heavy atom. The van der Waals surface area contributed by atoms with Gasteiger partial charge in [-0.2, -0.15) is 4.37 Å². The first kappa shape index (κ1) is 14.9. The number of carbonyl (C=O) groups excluding carboxylic acids is 1. The maximum absolute atomic E-state index is 12.9. The summed E-state index contributed by atoms with van der Waals surface area (Å²) in [6.07, 6.45) is 1.52. The molecule has 3 rings (SSSR count). The summed E-state index contributed by atoms with van der Waals surface area (Å²) in [4.78, 5) is 18.5. The molecule has 1 amide bonds. The number of aromatic nitrogens is 2. The van der Waals surface area contributed by atoms with E-state index in [2.05, 4.69) is 14.7 Å². The number of likely N-dealkylation sites (tertiary alicyclic amines) is 1. The average molecular weight is 320 g/mol. The third-order valence-corrected chi connectivity index (χ3v) is 4.35. The highest BCUT2D eigenvalue weighted by atomic mass is 32.1. The van der Waals surface area contributed by atoms with Crippen LogP contribution in [0.25, 0.3) is 0 Å². The van der Waals surface area contributed by atoms with Crippen molar-refractivity contribution in [3.8, 4) is 0 Å². The van der Waals surface area contributed by atoms with Crippen molar-refractivity contribution in [3.63, 3.8) is 0 Å². The fourth-order valence-corrected chi connectivity index (χ4v) is 3.15. The van der Waals surface area contributed by atoms with Crippen molar-refractivity contribution in [3.05, 3.63) is 41.5 Å². The first-order valence-corrected chi connectivity index (χ1v) is 8.05. The summed E-state index contributed by atoms with van der Waals surface area (Å²) in [5, 5.41) is 3.86. The highest BCUT2D eigenvalue weighted by Crippen LogP contribution is 2.20. The minimum Gasteiger partial charge on any atom is -0.348 e. The third kappa shape index (κ3) is 3.24. The molecular weight excluding hydrogens is 303 g/mol. The standard InChI is InChI=1S/C15H17FN4OS/c1-2-13-18-15(22-19-13)17-12-7-8-20(14(12)21)9-10-3-5-11(16)6-4-10/h3-6,12H,2,7-9H2,1H3,(H,17,18,19). The molecule has 1 N–H and O–H groups in total. The van der Waals surface area contributed by atoms with E-state index in [1.54, 1.807) is 17.0 Å². The van der Waals surface area contributed by atoms with Crippen LogP contribution in [0.3, 0.4) is 0 Å². The van der Waals surface area contributed by atoms with Crippen LogP contribution >= 0.6 is 11.5 Å². The van der Waals surface area contributed by atoms with Crippen molar-refractivity contribution in [1.29, 1.82) is 0 Å². The smallest absolute Gasteiger partial charge is 0.245 e. The van der Waals surface area contributed by atoms with Gasteiger partial charge >= 0.3 is 0 Å². The second-order valence-electron chi connectivity index (χ2n) is 5.24. The van der Waals surface area contributed by atoms with Crippen LogP contribution in [-0.4, -0.2) is 32.8 Å². The summed E-state index contributed by atoms with van der Waals surface area (Å²) in [7, 11) is 0. The maximum atomic E-state index is 12.9. The number of carbonyl (C=O) groups is 1. The molecule has 0 radical (unpaired) electrons. The Balaban J connectivity index is 1.60. The number of amides is 1. The van der Waals surface area contributed by atoms with Crippen LogP contribution in [0.4, 0.5) is 9.52 Å². The lowest BCUT2D eigenvalue weighted by Crippen LogP contribution is -2.33. The van der Waals surface area contributed by atoms with Gasteiger partial charge in [-0.25, -0.2) is 9.37 Å². The van der Waals surface area contributed by atoms with Crippen molar-refractivity contribution in [2.75, 3.05) is 11.9 Å². The number of rotatable bonds is 5. The minimum absolute atomic E-state index is 0.0533. The molecule has 1 saturated heterocycles. The molecule has 1 fully saturated rings. The predicted molar refractivity (Wildman–Crippen MR) is 83.1 cm³/mol. The number of nitrogens with zero attached hydrogens (tertiary/aromatic N) is 3. The summed E-state index contributed by atoms with van der Waals surface area (Å²) < 4.78 is 17.1. The quantitative estimate of drug-likeness (QED) is 0.919. The molecule has 1 aliphatic heterocycles. The summed E-state index contributed by atoms with van der Waals surface area (Å²) in [6.45, 7) is 3.19. The Bertz CT molecular complexity index is 658. The van der Waals surface area contributed by atoms with Crippen LogP contribution in [-0.2, 0) is 17.8 Å². The van der Waals surface area contributed by atoms with E-state index in [1.807, 2.05) is 6.92 Å². The predicted octanol–water partition coefficient (Wildman–Crippen LogP) is 2.45. The zero-order valence-electron chi connectivity index (χ0n) is 12.3. The molecule has 116 valence electrons. The first-order valence-electron chi connectivity index (χ1n) is 7.28. The number of nitrogens with one attached hydrogen (secondary N) is 1. The second-order valence-corrected chi connectivity index (χ2v) is 5.99. The molecule has 1 unspecified atom stereocenters. The van der Waals surface area contributed by atoms with Gasteiger partial charge in [-0.1, -0.05) is 19.1 Å². The molecule has 0 bridgehead atoms. The molecule has 1 aromatic heterocycles. The van der Waals surface area contributed by atoms with Gasteiger partial charge in [0.15, 0.2) is 0 Å². The van der Waals surface area contributed by atoms with Gasteiger partial charge in [-0.3, -0.25) is 4.79 Å². The van der Waals surface area contributed by atoms with Gasteiger partial charge in [0.25, 0.3) is 0 Å². The van der Waals surface area contributed by atoms with Crippen molar-refractivity contribution in [1.82, 2.24) is 14.3 Å². The molecule has 2 aromatic rings. The van der Waals surface area contributed by atoms with Crippen molar-refractivity contribution in [2.45, 2.75) is 32.4 Å². The summed E-state index contributed by atoms with van der Waals surface area (Å²) in [5.41, 5.74) is 0.930. The van der Waals surface area contributed by atoms with Crippen LogP contribution in [0.2, 0.25) is 0 Å². The Morgan fingerprint density at radius 2 is 2.18 bits per heavy atom. The minimum atomic E-state index is -0.265. The number of aryl methyl sites for hydroxylation is 1. The highest BCUT2D eigenvalue weighted by molar-refractivity contribution is 7.09. The largest absolute Gasteiger partial charge is 0.348 e. The van der Waals surface area contributed by atoms with Crippen molar-refractivity contribution >= 4 is 22.6 Å². The topological polar surface area (TPSA) is 58.1 Å². The average Bonchev–Trinajstić information content (AvgIpc) is 3.11. The lowest BCUT2D eigenvalue weighted by atomic mass is 10.2. The number of halogens is 1. The molecular formula is C15H17FN4OS. The lowest BCUT2D eigenvalue weighted by molar-refractivity contribution is -0.128. The SMILES string of the molecule is CCc1nsc(NC2CCN(Cc3ccc(F)cc3)C2=O)n1. The van der Waals surface area contributed by atoms with Gasteiger partial charge in [-0.15, -0.1) is 0 Å². The molecule has 1 atom stereocenters. The number of hydrogen-bond acceptors (Lipinski definition) is 5. The summed E-state index contributed by atoms with van der Waals surface area (Å²) in [5.74, 6) is 0.581. The molecule has 2 heterocycles. The van der Waals surface area contributed by atoms with Gasteiger partial charge in [0.2, 0.25) is 11.0 Å². The fraction of sp³-hybridized carbons (Fsp3) is 0.400. The van der Waals surface area contributed by atoms with E-state index < -0.39 is 0 Å². The van der Waals surface area contributed by atoms with Crippen LogP contribution in [0.1, 0.15) is 24.7 Å². The van der Waals surface area contributed by atoms with E-state index in [0.29, 0.717) is 18.2 Å². The van der Waals surface area contributed by atoms with Gasteiger partial charge in [0.1, 0.15) is 17.7 Å². The number of anilines is 1. The summed E-state index contributed by atoms with van der Waals surface area (Å²) >= 11 is 1.29. The molecule has 1 aromatic carbocycles. The Kier molecular flexibility index (Phi) is 4.33. The molecule has 1 aliphatic rings. The third-order valence-electron chi connectivity index (χ3n) is 3.67. The number of benzene rings is 1.